The van der Waals surface area contributed by atoms with Gasteiger partial charge in [-0.1, -0.05) is 15.9 Å². The molecule has 1 nitrogen and oxygen atoms in total. The highest BCUT2D eigenvalue weighted by Gasteiger charge is 2.05. The summed E-state index contributed by atoms with van der Waals surface area (Å²) in [6, 6.07) is 4.52. The van der Waals surface area contributed by atoms with Gasteiger partial charge in [-0.3, -0.25) is 0 Å². The predicted octanol–water partition coefficient (Wildman–Crippen LogP) is 3.51. The summed E-state index contributed by atoms with van der Waals surface area (Å²) in [5.74, 6) is -0.472. The van der Waals surface area contributed by atoms with Gasteiger partial charge in [0.05, 0.1) is 5.56 Å². The van der Waals surface area contributed by atoms with Gasteiger partial charge < -0.3 is 5.11 Å². The summed E-state index contributed by atoms with van der Waals surface area (Å²) in [4.78, 5) is 0. The van der Waals surface area contributed by atoms with Crippen molar-refractivity contribution in [1.82, 2.24) is 0 Å². The Morgan fingerprint density at radius 2 is 2.25 bits per heavy atom. The van der Waals surface area contributed by atoms with E-state index >= 15 is 0 Å². The molecule has 0 amide bonds. The molecule has 0 fully saturated rings. The summed E-state index contributed by atoms with van der Waals surface area (Å²) in [5.41, 5.74) is 0.223. The second kappa shape index (κ2) is 3.72. The number of rotatable bonds is 1. The molecule has 1 N–H and O–H groups in total. The highest BCUT2D eigenvalue weighted by molar-refractivity contribution is 9.10. The molecular formula is C9H8BrFO. The van der Waals surface area contributed by atoms with Crippen molar-refractivity contribution in [3.05, 3.63) is 40.1 Å². The second-order valence-corrected chi connectivity index (χ2v) is 3.21. The molecule has 0 aromatic heterocycles. The van der Waals surface area contributed by atoms with Crippen LogP contribution in [0.25, 0.3) is 5.76 Å². The summed E-state index contributed by atoms with van der Waals surface area (Å²) in [6.45, 7) is 1.65. The average Bonchev–Trinajstić information content (AvgIpc) is 2.03. The van der Waals surface area contributed by atoms with Gasteiger partial charge in [0.25, 0.3) is 0 Å². The Labute approximate surface area is 78.7 Å². The molecule has 1 aromatic carbocycles. The zero-order valence-electron chi connectivity index (χ0n) is 6.51. The molecule has 0 spiro atoms. The quantitative estimate of drug-likeness (QED) is 0.733. The zero-order chi connectivity index (χ0) is 9.14. The summed E-state index contributed by atoms with van der Waals surface area (Å²) in [7, 11) is 0. The molecule has 1 aromatic rings. The molecule has 0 atom stereocenters. The van der Waals surface area contributed by atoms with Crippen molar-refractivity contribution in [2.75, 3.05) is 0 Å². The summed E-state index contributed by atoms with van der Waals surface area (Å²) < 4.78 is 13.7. The fourth-order valence-corrected chi connectivity index (χ4v) is 1.19. The van der Waals surface area contributed by atoms with Gasteiger partial charge in [-0.05, 0) is 31.2 Å². The minimum absolute atomic E-state index is 0.0417. The van der Waals surface area contributed by atoms with Gasteiger partial charge >= 0.3 is 0 Å². The van der Waals surface area contributed by atoms with Crippen LogP contribution in [0.5, 0.6) is 0 Å². The maximum absolute atomic E-state index is 13.1. The largest absolute Gasteiger partial charge is 0.508 e. The van der Waals surface area contributed by atoms with E-state index in [4.69, 9.17) is 0 Å². The molecule has 1 rings (SSSR count). The third-order valence-corrected chi connectivity index (χ3v) is 1.97. The molecular weight excluding hydrogens is 223 g/mol. The summed E-state index contributed by atoms with van der Waals surface area (Å²) in [6.07, 6.45) is 1.45. The monoisotopic (exact) mass is 230 g/mol. The maximum Gasteiger partial charge on any atom is 0.135 e. The average molecular weight is 231 g/mol. The van der Waals surface area contributed by atoms with Crippen LogP contribution in [-0.4, -0.2) is 5.11 Å². The van der Waals surface area contributed by atoms with Crippen molar-refractivity contribution in [3.63, 3.8) is 0 Å². The highest BCUT2D eigenvalue weighted by Crippen LogP contribution is 2.19. The molecule has 0 aliphatic rings. The molecule has 3 heteroatoms. The van der Waals surface area contributed by atoms with Crippen molar-refractivity contribution in [3.8, 4) is 0 Å². The lowest BCUT2D eigenvalue weighted by molar-refractivity contribution is 0.501. The lowest BCUT2D eigenvalue weighted by atomic mass is 10.2. The third-order valence-electron chi connectivity index (χ3n) is 1.48. The Bertz CT molecular complexity index is 320. The first kappa shape index (κ1) is 9.26. The van der Waals surface area contributed by atoms with E-state index in [2.05, 4.69) is 15.9 Å². The standard InChI is InChI=1S/C9H8BrFO/c1-2-9(12)7-4-3-6(10)5-8(7)11/h2-5,12H,1H3. The molecule has 12 heavy (non-hydrogen) atoms. The Morgan fingerprint density at radius 3 is 2.75 bits per heavy atom. The van der Waals surface area contributed by atoms with Crippen molar-refractivity contribution >= 4 is 21.7 Å². The summed E-state index contributed by atoms with van der Waals surface area (Å²) >= 11 is 3.13. The van der Waals surface area contributed by atoms with Crippen LogP contribution in [0.4, 0.5) is 4.39 Å². The second-order valence-electron chi connectivity index (χ2n) is 2.30. The van der Waals surface area contributed by atoms with E-state index in [9.17, 15) is 9.50 Å². The minimum atomic E-state index is -0.431. The summed E-state index contributed by atoms with van der Waals surface area (Å²) in [5, 5.41) is 9.21. The number of hydrogen-bond donors (Lipinski definition) is 1. The van der Waals surface area contributed by atoms with Gasteiger partial charge in [0.1, 0.15) is 11.6 Å². The molecule has 0 saturated carbocycles. The molecule has 64 valence electrons. The van der Waals surface area contributed by atoms with Gasteiger partial charge in [0.15, 0.2) is 0 Å². The van der Waals surface area contributed by atoms with Gasteiger partial charge in [0, 0.05) is 4.47 Å². The Morgan fingerprint density at radius 1 is 1.58 bits per heavy atom. The normalized spacial score (nSPS) is 11.8. The molecule has 0 aliphatic carbocycles. The van der Waals surface area contributed by atoms with Crippen molar-refractivity contribution in [1.29, 1.82) is 0 Å². The predicted molar refractivity (Wildman–Crippen MR) is 50.4 cm³/mol. The minimum Gasteiger partial charge on any atom is -0.508 e. The molecule has 0 heterocycles. The number of aliphatic hydroxyl groups is 1. The van der Waals surface area contributed by atoms with Gasteiger partial charge in [-0.2, -0.15) is 0 Å². The maximum atomic E-state index is 13.1. The first-order chi connectivity index (χ1) is 5.65. The van der Waals surface area contributed by atoms with Crippen LogP contribution >= 0.6 is 15.9 Å². The van der Waals surface area contributed by atoms with E-state index in [1.807, 2.05) is 0 Å². The van der Waals surface area contributed by atoms with Crippen LogP contribution in [0.3, 0.4) is 0 Å². The van der Waals surface area contributed by atoms with Crippen LogP contribution in [0, 0.1) is 5.82 Å². The van der Waals surface area contributed by atoms with E-state index < -0.39 is 5.82 Å². The van der Waals surface area contributed by atoms with Crippen LogP contribution < -0.4 is 0 Å². The van der Waals surface area contributed by atoms with Crippen molar-refractivity contribution < 1.29 is 9.50 Å². The van der Waals surface area contributed by atoms with Gasteiger partial charge in [0.2, 0.25) is 0 Å². The highest BCUT2D eigenvalue weighted by atomic mass is 79.9. The first-order valence-corrected chi connectivity index (χ1v) is 4.25. The number of hydrogen-bond acceptors (Lipinski definition) is 1. The van der Waals surface area contributed by atoms with Crippen LogP contribution in [0.15, 0.2) is 28.7 Å². The zero-order valence-corrected chi connectivity index (χ0v) is 8.10. The van der Waals surface area contributed by atoms with Crippen molar-refractivity contribution in [2.45, 2.75) is 6.92 Å². The Balaban J connectivity index is 3.18. The van der Waals surface area contributed by atoms with E-state index in [-0.39, 0.29) is 11.3 Å². The lowest BCUT2D eigenvalue weighted by Crippen LogP contribution is -1.87. The van der Waals surface area contributed by atoms with E-state index in [0.29, 0.717) is 4.47 Å². The van der Waals surface area contributed by atoms with Crippen molar-refractivity contribution in [2.24, 2.45) is 0 Å². The van der Waals surface area contributed by atoms with E-state index in [0.717, 1.165) is 0 Å². The van der Waals surface area contributed by atoms with E-state index in [1.54, 1.807) is 13.0 Å². The number of aliphatic hydroxyl groups excluding tert-OH is 1. The smallest absolute Gasteiger partial charge is 0.135 e. The fraction of sp³-hybridized carbons (Fsp3) is 0.111. The topological polar surface area (TPSA) is 20.2 Å². The van der Waals surface area contributed by atoms with Crippen LogP contribution in [0.2, 0.25) is 0 Å². The number of benzene rings is 1. The van der Waals surface area contributed by atoms with Crippen LogP contribution in [0.1, 0.15) is 12.5 Å². The van der Waals surface area contributed by atoms with Gasteiger partial charge in [-0.15, -0.1) is 0 Å². The molecule has 0 saturated heterocycles. The Kier molecular flexibility index (Phi) is 2.87. The first-order valence-electron chi connectivity index (χ1n) is 3.46. The molecule has 0 radical (unpaired) electrons. The Hall–Kier alpha value is -0.830. The molecule has 0 bridgehead atoms. The van der Waals surface area contributed by atoms with Gasteiger partial charge in [-0.25, -0.2) is 4.39 Å². The van der Waals surface area contributed by atoms with Crippen LogP contribution in [-0.2, 0) is 0 Å². The third kappa shape index (κ3) is 1.85. The number of allylic oxidation sites excluding steroid dienone is 1. The fourth-order valence-electron chi connectivity index (χ4n) is 0.853. The lowest BCUT2D eigenvalue weighted by Gasteiger charge is -2.01. The number of halogens is 2. The van der Waals surface area contributed by atoms with E-state index in [1.165, 1.54) is 18.2 Å². The molecule has 0 unspecified atom stereocenters. The SMILES string of the molecule is CC=C(O)c1ccc(Br)cc1F. The molecule has 0 aliphatic heterocycles.